The molecule has 0 saturated carbocycles. The van der Waals surface area contributed by atoms with Crippen LogP contribution >= 0.6 is 0 Å². The topological polar surface area (TPSA) is 71.4 Å². The van der Waals surface area contributed by atoms with Crippen LogP contribution in [0.5, 0.6) is 0 Å². The zero-order valence-electron chi connectivity index (χ0n) is 13.6. The van der Waals surface area contributed by atoms with Crippen LogP contribution in [0.2, 0.25) is 0 Å². The van der Waals surface area contributed by atoms with Gasteiger partial charge in [0, 0.05) is 23.5 Å². The fourth-order valence-electron chi connectivity index (χ4n) is 2.27. The number of hydrogen-bond donors (Lipinski definition) is 1. The first kappa shape index (κ1) is 16.9. The second-order valence-electron chi connectivity index (χ2n) is 5.48. The zero-order chi connectivity index (χ0) is 17.7. The Morgan fingerprint density at radius 3 is 2.24 bits per heavy atom. The highest BCUT2D eigenvalue weighted by atomic mass is 32.2. The number of aryl methyl sites for hydroxylation is 1. The quantitative estimate of drug-likeness (QED) is 0.567. The summed E-state index contributed by atoms with van der Waals surface area (Å²) in [5.41, 5.74) is 3.01. The summed E-state index contributed by atoms with van der Waals surface area (Å²) in [5, 5.41) is 4.17. The Hall–Kier alpha value is -2.99. The first-order valence-electron chi connectivity index (χ1n) is 7.68. The number of nitrogens with zero attached hydrogens (tertiary/aromatic N) is 2. The third-order valence-electron chi connectivity index (χ3n) is 3.59. The lowest BCUT2D eigenvalue weighted by atomic mass is 10.0. The summed E-state index contributed by atoms with van der Waals surface area (Å²) in [7, 11) is -3.75. The van der Waals surface area contributed by atoms with Crippen LogP contribution in [-0.4, -0.2) is 19.1 Å². The number of nitrogens with one attached hydrogen (secondary N) is 1. The van der Waals surface area contributed by atoms with E-state index < -0.39 is 10.0 Å². The maximum absolute atomic E-state index is 12.5. The van der Waals surface area contributed by atoms with E-state index in [1.54, 1.807) is 42.7 Å². The van der Waals surface area contributed by atoms with Gasteiger partial charge in [-0.05, 0) is 31.2 Å². The molecule has 1 aromatic heterocycles. The van der Waals surface area contributed by atoms with Gasteiger partial charge in [-0.25, -0.2) is 0 Å². The molecule has 0 saturated heterocycles. The van der Waals surface area contributed by atoms with Crippen LogP contribution < -0.4 is 4.83 Å². The van der Waals surface area contributed by atoms with Crippen LogP contribution in [0.15, 0.2) is 89.1 Å². The van der Waals surface area contributed by atoms with Crippen molar-refractivity contribution < 1.29 is 8.42 Å². The summed E-state index contributed by atoms with van der Waals surface area (Å²) in [5.74, 6) is 0. The first-order valence-corrected chi connectivity index (χ1v) is 9.16. The number of benzene rings is 2. The van der Waals surface area contributed by atoms with E-state index in [1.807, 2.05) is 43.3 Å². The van der Waals surface area contributed by atoms with Crippen molar-refractivity contribution in [3.05, 3.63) is 95.8 Å². The molecule has 0 unspecified atom stereocenters. The van der Waals surface area contributed by atoms with Crippen molar-refractivity contribution in [1.82, 2.24) is 9.82 Å². The summed E-state index contributed by atoms with van der Waals surface area (Å²) >= 11 is 0. The van der Waals surface area contributed by atoms with Gasteiger partial charge in [0.2, 0.25) is 0 Å². The van der Waals surface area contributed by atoms with Crippen molar-refractivity contribution in [3.8, 4) is 0 Å². The smallest absolute Gasteiger partial charge is 0.264 e. The Morgan fingerprint density at radius 1 is 0.920 bits per heavy atom. The minimum absolute atomic E-state index is 0.167. The summed E-state index contributed by atoms with van der Waals surface area (Å²) in [6.07, 6.45) is 3.30. The van der Waals surface area contributed by atoms with Gasteiger partial charge in [0.05, 0.1) is 4.90 Å². The molecule has 6 heteroatoms. The molecular weight excluding hydrogens is 334 g/mol. The summed E-state index contributed by atoms with van der Waals surface area (Å²) in [6.45, 7) is 1.90. The van der Waals surface area contributed by atoms with Gasteiger partial charge in [-0.1, -0.05) is 48.0 Å². The van der Waals surface area contributed by atoms with Gasteiger partial charge in [0.15, 0.2) is 0 Å². The molecule has 0 amide bonds. The molecule has 0 aliphatic heterocycles. The summed E-state index contributed by atoms with van der Waals surface area (Å²) < 4.78 is 25.0. The zero-order valence-corrected chi connectivity index (χ0v) is 14.4. The molecule has 1 N–H and O–H groups in total. The second-order valence-corrected chi connectivity index (χ2v) is 7.14. The predicted octanol–water partition coefficient (Wildman–Crippen LogP) is 3.12. The number of sulfonamides is 1. The Kier molecular flexibility index (Phi) is 4.90. The molecule has 0 fully saturated rings. The molecule has 3 aromatic rings. The van der Waals surface area contributed by atoms with Crippen LogP contribution in [0.3, 0.4) is 0 Å². The Balaban J connectivity index is 1.98. The van der Waals surface area contributed by atoms with Gasteiger partial charge < -0.3 is 0 Å². The molecule has 2 aromatic carbocycles. The molecule has 25 heavy (non-hydrogen) atoms. The van der Waals surface area contributed by atoms with Gasteiger partial charge in [-0.15, -0.1) is 0 Å². The Morgan fingerprint density at radius 2 is 1.60 bits per heavy atom. The van der Waals surface area contributed by atoms with Gasteiger partial charge in [0.25, 0.3) is 10.0 Å². The molecule has 0 spiro atoms. The maximum Gasteiger partial charge on any atom is 0.276 e. The predicted molar refractivity (Wildman–Crippen MR) is 97.8 cm³/mol. The molecule has 5 nitrogen and oxygen atoms in total. The van der Waals surface area contributed by atoms with E-state index in [9.17, 15) is 8.42 Å². The summed E-state index contributed by atoms with van der Waals surface area (Å²) in [4.78, 5) is 6.58. The van der Waals surface area contributed by atoms with Crippen molar-refractivity contribution in [1.29, 1.82) is 0 Å². The van der Waals surface area contributed by atoms with E-state index in [0.29, 0.717) is 5.71 Å². The average molecular weight is 351 g/mol. The molecule has 1 heterocycles. The SMILES string of the molecule is Cc1ccc(S(=O)(=O)N/N=C(/c2ccccc2)c2cccnc2)cc1. The molecule has 0 aliphatic carbocycles. The fourth-order valence-corrected chi connectivity index (χ4v) is 3.08. The number of rotatable bonds is 5. The van der Waals surface area contributed by atoms with Gasteiger partial charge >= 0.3 is 0 Å². The highest BCUT2D eigenvalue weighted by Crippen LogP contribution is 2.12. The van der Waals surface area contributed by atoms with E-state index in [2.05, 4.69) is 14.9 Å². The molecule has 3 rings (SSSR count). The third-order valence-corrected chi connectivity index (χ3v) is 4.82. The Bertz CT molecular complexity index is 927. The minimum atomic E-state index is -3.75. The third kappa shape index (κ3) is 4.10. The minimum Gasteiger partial charge on any atom is -0.264 e. The van der Waals surface area contributed by atoms with E-state index in [0.717, 1.165) is 16.7 Å². The van der Waals surface area contributed by atoms with Gasteiger partial charge in [-0.2, -0.15) is 18.4 Å². The fraction of sp³-hybridized carbons (Fsp3) is 0.0526. The number of pyridine rings is 1. The molecule has 0 atom stereocenters. The Labute approximate surface area is 147 Å². The van der Waals surface area contributed by atoms with E-state index in [1.165, 1.54) is 0 Å². The van der Waals surface area contributed by atoms with E-state index in [-0.39, 0.29) is 4.90 Å². The standard InChI is InChI=1S/C19H17N3O2S/c1-15-9-11-18(12-10-15)25(23,24)22-21-19(16-6-3-2-4-7-16)17-8-5-13-20-14-17/h2-14,22H,1H3/b21-19-. The lowest BCUT2D eigenvalue weighted by Gasteiger charge is -2.09. The van der Waals surface area contributed by atoms with Gasteiger partial charge in [0.1, 0.15) is 5.71 Å². The van der Waals surface area contributed by atoms with Crippen LogP contribution in [0.1, 0.15) is 16.7 Å². The maximum atomic E-state index is 12.5. The van der Waals surface area contributed by atoms with Crippen molar-refractivity contribution in [3.63, 3.8) is 0 Å². The van der Waals surface area contributed by atoms with Crippen molar-refractivity contribution in [2.24, 2.45) is 5.10 Å². The van der Waals surface area contributed by atoms with E-state index in [4.69, 9.17) is 0 Å². The lowest BCUT2D eigenvalue weighted by Crippen LogP contribution is -2.21. The highest BCUT2D eigenvalue weighted by Gasteiger charge is 2.14. The number of hydrazone groups is 1. The van der Waals surface area contributed by atoms with Crippen LogP contribution in [0, 0.1) is 6.92 Å². The molecule has 0 radical (unpaired) electrons. The second kappa shape index (κ2) is 7.27. The number of aromatic nitrogens is 1. The normalized spacial score (nSPS) is 12.0. The van der Waals surface area contributed by atoms with E-state index >= 15 is 0 Å². The average Bonchev–Trinajstić information content (AvgIpc) is 2.64. The molecule has 0 bridgehead atoms. The van der Waals surface area contributed by atoms with Crippen LogP contribution in [0.4, 0.5) is 0 Å². The monoisotopic (exact) mass is 351 g/mol. The van der Waals surface area contributed by atoms with Crippen molar-refractivity contribution >= 4 is 15.7 Å². The number of hydrogen-bond acceptors (Lipinski definition) is 4. The molecule has 0 aliphatic rings. The summed E-state index contributed by atoms with van der Waals surface area (Å²) in [6, 6.07) is 19.6. The van der Waals surface area contributed by atoms with Crippen LogP contribution in [-0.2, 0) is 10.0 Å². The molecule has 126 valence electrons. The van der Waals surface area contributed by atoms with Crippen LogP contribution in [0.25, 0.3) is 0 Å². The lowest BCUT2D eigenvalue weighted by molar-refractivity contribution is 0.584. The highest BCUT2D eigenvalue weighted by molar-refractivity contribution is 7.89. The van der Waals surface area contributed by atoms with Crippen molar-refractivity contribution in [2.75, 3.05) is 0 Å². The molecular formula is C19H17N3O2S. The largest absolute Gasteiger partial charge is 0.276 e. The van der Waals surface area contributed by atoms with Gasteiger partial charge in [-0.3, -0.25) is 4.98 Å². The first-order chi connectivity index (χ1) is 12.1. The van der Waals surface area contributed by atoms with Crippen molar-refractivity contribution in [2.45, 2.75) is 11.8 Å².